The van der Waals surface area contributed by atoms with Crippen molar-refractivity contribution >= 4 is 16.7 Å². The van der Waals surface area contributed by atoms with Crippen molar-refractivity contribution in [2.24, 2.45) is 0 Å². The lowest BCUT2D eigenvalue weighted by Gasteiger charge is -2.15. The number of carbonyl (C=O) groups excluding carboxylic acids is 1. The molecule has 3 rings (SSSR count). The van der Waals surface area contributed by atoms with Crippen molar-refractivity contribution in [3.8, 4) is 23.3 Å². The van der Waals surface area contributed by atoms with Crippen molar-refractivity contribution in [3.05, 3.63) is 66.2 Å². The number of amides is 1. The van der Waals surface area contributed by atoms with Crippen molar-refractivity contribution < 1.29 is 14.3 Å². The van der Waals surface area contributed by atoms with Gasteiger partial charge in [-0.05, 0) is 41.8 Å². The number of nitrogens with zero attached hydrogens (tertiary/aromatic N) is 2. The molecule has 0 fully saturated rings. The number of fused-ring (bicyclic) bond motifs is 1. The number of rotatable bonds is 6. The molecular weight excluding hydrogens is 340 g/mol. The molecule has 5 heteroatoms. The Morgan fingerprint density at radius 1 is 1.00 bits per heavy atom. The van der Waals surface area contributed by atoms with Gasteiger partial charge in [0, 0.05) is 19.5 Å². The lowest BCUT2D eigenvalue weighted by atomic mass is 10.1. The maximum atomic E-state index is 11.7. The van der Waals surface area contributed by atoms with Crippen molar-refractivity contribution in [1.82, 2.24) is 4.90 Å². The first-order valence-electron chi connectivity index (χ1n) is 8.61. The highest BCUT2D eigenvalue weighted by molar-refractivity contribution is 5.89. The Balaban J connectivity index is 1.81. The molecule has 0 atom stereocenters. The monoisotopic (exact) mass is 360 g/mol. The summed E-state index contributed by atoms with van der Waals surface area (Å²) in [4.78, 5) is 13.2. The fourth-order valence-electron chi connectivity index (χ4n) is 2.66. The number of hydrogen-bond acceptors (Lipinski definition) is 4. The Hall–Kier alpha value is -3.52. The zero-order chi connectivity index (χ0) is 19.2. The van der Waals surface area contributed by atoms with Gasteiger partial charge in [0.15, 0.2) is 11.5 Å². The molecule has 0 aromatic heterocycles. The zero-order valence-electron chi connectivity index (χ0n) is 15.3. The van der Waals surface area contributed by atoms with Gasteiger partial charge in [-0.15, -0.1) is 0 Å². The largest absolute Gasteiger partial charge is 0.489 e. The van der Waals surface area contributed by atoms with Gasteiger partial charge in [0.2, 0.25) is 5.91 Å². The Bertz CT molecular complexity index is 1010. The second-order valence-corrected chi connectivity index (χ2v) is 6.24. The summed E-state index contributed by atoms with van der Waals surface area (Å²) in [6, 6.07) is 20.7. The van der Waals surface area contributed by atoms with E-state index in [1.165, 1.54) is 4.90 Å². The minimum Gasteiger partial charge on any atom is -0.489 e. The Kier molecular flexibility index (Phi) is 5.58. The van der Waals surface area contributed by atoms with Crippen LogP contribution < -0.4 is 9.47 Å². The van der Waals surface area contributed by atoms with Crippen LogP contribution in [-0.4, -0.2) is 31.5 Å². The first-order valence-corrected chi connectivity index (χ1v) is 8.61. The maximum absolute atomic E-state index is 11.7. The van der Waals surface area contributed by atoms with Crippen molar-refractivity contribution in [1.29, 1.82) is 5.26 Å². The smallest absolute Gasteiger partial charge is 0.225 e. The van der Waals surface area contributed by atoms with Crippen LogP contribution in [0, 0.1) is 11.3 Å². The highest BCUT2D eigenvalue weighted by Gasteiger charge is 2.10. The molecule has 27 heavy (non-hydrogen) atoms. The fraction of sp³-hybridized carbons (Fsp3) is 0.182. The highest BCUT2D eigenvalue weighted by Crippen LogP contribution is 2.35. The number of carbonyl (C=O) groups is 1. The quantitative estimate of drug-likeness (QED) is 0.655. The van der Waals surface area contributed by atoms with Crippen LogP contribution in [0.15, 0.2) is 60.7 Å². The van der Waals surface area contributed by atoms with Gasteiger partial charge in [-0.25, -0.2) is 0 Å². The average molecular weight is 360 g/mol. The Labute approximate surface area is 158 Å². The summed E-state index contributed by atoms with van der Waals surface area (Å²) in [5, 5.41) is 10.9. The van der Waals surface area contributed by atoms with E-state index in [1.807, 2.05) is 54.6 Å². The minimum absolute atomic E-state index is 0.00995. The number of hydrogen-bond donors (Lipinski definition) is 0. The van der Waals surface area contributed by atoms with Crippen LogP contribution in [-0.2, 0) is 4.79 Å². The van der Waals surface area contributed by atoms with Crippen LogP contribution in [0.5, 0.6) is 17.2 Å². The molecule has 0 saturated carbocycles. The summed E-state index contributed by atoms with van der Waals surface area (Å²) in [5.74, 6) is 1.84. The standard InChI is InChI=1S/C22H20N2O3/c1-24(2)22(25)12-13-26-20-7-3-4-8-21(20)27-19-9-5-6-17-14-16(15-23)10-11-18(17)19/h3-11,14H,12-13H2,1-2H3. The second kappa shape index (κ2) is 8.24. The summed E-state index contributed by atoms with van der Waals surface area (Å²) in [6.45, 7) is 0.276. The first-order chi connectivity index (χ1) is 13.1. The molecule has 0 aliphatic heterocycles. The van der Waals surface area contributed by atoms with Crippen LogP contribution >= 0.6 is 0 Å². The number of benzene rings is 3. The van der Waals surface area contributed by atoms with E-state index in [1.54, 1.807) is 20.2 Å². The molecule has 3 aromatic rings. The molecule has 5 nitrogen and oxygen atoms in total. The van der Waals surface area contributed by atoms with E-state index < -0.39 is 0 Å². The molecule has 136 valence electrons. The van der Waals surface area contributed by atoms with Crippen LogP contribution in [0.1, 0.15) is 12.0 Å². The molecule has 3 aromatic carbocycles. The number of para-hydroxylation sites is 2. The number of nitriles is 1. The van der Waals surface area contributed by atoms with Gasteiger partial charge in [-0.3, -0.25) is 4.79 Å². The van der Waals surface area contributed by atoms with Crippen molar-refractivity contribution in [2.45, 2.75) is 6.42 Å². The molecule has 0 aliphatic rings. The van der Waals surface area contributed by atoms with Crippen LogP contribution in [0.2, 0.25) is 0 Å². The van der Waals surface area contributed by atoms with E-state index in [-0.39, 0.29) is 12.5 Å². The van der Waals surface area contributed by atoms with Gasteiger partial charge in [0.05, 0.1) is 24.7 Å². The topological polar surface area (TPSA) is 62.6 Å². The van der Waals surface area contributed by atoms with Gasteiger partial charge in [-0.1, -0.05) is 24.3 Å². The third-order valence-electron chi connectivity index (χ3n) is 4.11. The van der Waals surface area contributed by atoms with Gasteiger partial charge in [0.1, 0.15) is 5.75 Å². The molecule has 0 bridgehead atoms. The molecule has 0 heterocycles. The highest BCUT2D eigenvalue weighted by atomic mass is 16.5. The number of ether oxygens (including phenoxy) is 2. The molecule has 0 spiro atoms. The lowest BCUT2D eigenvalue weighted by Crippen LogP contribution is -2.23. The maximum Gasteiger partial charge on any atom is 0.225 e. The van der Waals surface area contributed by atoms with Crippen molar-refractivity contribution in [3.63, 3.8) is 0 Å². The molecule has 0 aliphatic carbocycles. The van der Waals surface area contributed by atoms with Crippen molar-refractivity contribution in [2.75, 3.05) is 20.7 Å². The van der Waals surface area contributed by atoms with E-state index in [0.29, 0.717) is 29.2 Å². The molecular formula is C22H20N2O3. The molecule has 0 N–H and O–H groups in total. The SMILES string of the molecule is CN(C)C(=O)CCOc1ccccc1Oc1cccc2cc(C#N)ccc12. The zero-order valence-corrected chi connectivity index (χ0v) is 15.3. The van der Waals surface area contributed by atoms with E-state index >= 15 is 0 Å². The lowest BCUT2D eigenvalue weighted by molar-refractivity contribution is -0.129. The van der Waals surface area contributed by atoms with E-state index in [4.69, 9.17) is 14.7 Å². The summed E-state index contributed by atoms with van der Waals surface area (Å²) >= 11 is 0. The first kappa shape index (κ1) is 18.3. The fourth-order valence-corrected chi connectivity index (χ4v) is 2.66. The summed E-state index contributed by atoms with van der Waals surface area (Å²) in [6.07, 6.45) is 0.298. The Morgan fingerprint density at radius 3 is 2.48 bits per heavy atom. The van der Waals surface area contributed by atoms with Gasteiger partial charge in [-0.2, -0.15) is 5.26 Å². The third kappa shape index (κ3) is 4.36. The summed E-state index contributed by atoms with van der Waals surface area (Å²) in [5.41, 5.74) is 0.606. The normalized spacial score (nSPS) is 10.3. The van der Waals surface area contributed by atoms with Crippen LogP contribution in [0.25, 0.3) is 10.8 Å². The molecule has 0 radical (unpaired) electrons. The van der Waals surface area contributed by atoms with E-state index in [0.717, 1.165) is 10.8 Å². The molecule has 1 amide bonds. The second-order valence-electron chi connectivity index (χ2n) is 6.24. The predicted molar refractivity (Wildman–Crippen MR) is 104 cm³/mol. The third-order valence-corrected chi connectivity index (χ3v) is 4.11. The molecule has 0 unspecified atom stereocenters. The molecule has 0 saturated heterocycles. The van der Waals surface area contributed by atoms with Gasteiger partial charge >= 0.3 is 0 Å². The van der Waals surface area contributed by atoms with Crippen LogP contribution in [0.3, 0.4) is 0 Å². The predicted octanol–water partition coefficient (Wildman–Crippen LogP) is 4.36. The van der Waals surface area contributed by atoms with E-state index in [2.05, 4.69) is 6.07 Å². The minimum atomic E-state index is 0.00995. The van der Waals surface area contributed by atoms with Crippen LogP contribution in [0.4, 0.5) is 0 Å². The average Bonchev–Trinajstić information content (AvgIpc) is 2.68. The summed E-state index contributed by atoms with van der Waals surface area (Å²) < 4.78 is 11.9. The van der Waals surface area contributed by atoms with Gasteiger partial charge < -0.3 is 14.4 Å². The van der Waals surface area contributed by atoms with E-state index in [9.17, 15) is 4.79 Å². The summed E-state index contributed by atoms with van der Waals surface area (Å²) in [7, 11) is 3.44. The van der Waals surface area contributed by atoms with Gasteiger partial charge in [0.25, 0.3) is 0 Å². The Morgan fingerprint density at radius 2 is 1.74 bits per heavy atom.